The maximum atomic E-state index is 10.7. The minimum Gasteiger partial charge on any atom is -0.388 e. The van der Waals surface area contributed by atoms with Gasteiger partial charge in [0.15, 0.2) is 5.96 Å². The van der Waals surface area contributed by atoms with E-state index in [-0.39, 0.29) is 24.0 Å². The van der Waals surface area contributed by atoms with Crippen LogP contribution in [0, 0.1) is 0 Å². The molecule has 0 radical (unpaired) electrons. The Morgan fingerprint density at radius 2 is 1.84 bits per heavy atom. The molecule has 25 heavy (non-hydrogen) atoms. The molecule has 0 aromatic heterocycles. The summed E-state index contributed by atoms with van der Waals surface area (Å²) in [7, 11) is 0. The minimum atomic E-state index is -0.577. The molecule has 0 amide bonds. The summed E-state index contributed by atoms with van der Waals surface area (Å²) in [5.74, 6) is 0.884. The molecule has 3 fully saturated rings. The Morgan fingerprint density at radius 1 is 1.12 bits per heavy atom. The minimum absolute atomic E-state index is 0. The largest absolute Gasteiger partial charge is 0.388 e. The van der Waals surface area contributed by atoms with Crippen LogP contribution in [0.5, 0.6) is 0 Å². The highest BCUT2D eigenvalue weighted by Gasteiger charge is 2.31. The SMILES string of the molecule is CCNC(=NCC1(O)CCCCC1)NC1CCN(C2CCCC2)C1.I. The Balaban J connectivity index is 0.00000225. The van der Waals surface area contributed by atoms with Gasteiger partial charge in [0.05, 0.1) is 12.1 Å². The second-order valence-corrected chi connectivity index (χ2v) is 8.04. The second kappa shape index (κ2) is 10.3. The number of guanidine groups is 1. The third-order valence-electron chi connectivity index (χ3n) is 6.06. The normalized spacial score (nSPS) is 27.9. The first-order valence-electron chi connectivity index (χ1n) is 10.2. The van der Waals surface area contributed by atoms with Gasteiger partial charge in [-0.25, -0.2) is 0 Å². The van der Waals surface area contributed by atoms with Crippen molar-refractivity contribution >= 4 is 29.9 Å². The summed E-state index contributed by atoms with van der Waals surface area (Å²) in [5, 5.41) is 17.6. The molecule has 3 aliphatic rings. The molecule has 0 aromatic carbocycles. The van der Waals surface area contributed by atoms with Crippen LogP contribution in [0.4, 0.5) is 0 Å². The van der Waals surface area contributed by atoms with Crippen molar-refractivity contribution in [1.82, 2.24) is 15.5 Å². The van der Waals surface area contributed by atoms with Gasteiger partial charge in [-0.05, 0) is 39.0 Å². The summed E-state index contributed by atoms with van der Waals surface area (Å²) in [6, 6.07) is 1.31. The van der Waals surface area contributed by atoms with E-state index in [2.05, 4.69) is 22.5 Å². The number of rotatable bonds is 5. The molecule has 146 valence electrons. The lowest BCUT2D eigenvalue weighted by Gasteiger charge is -2.31. The van der Waals surface area contributed by atoms with Crippen LogP contribution in [0.15, 0.2) is 4.99 Å². The average Bonchev–Trinajstić information content (AvgIpc) is 3.25. The maximum Gasteiger partial charge on any atom is 0.191 e. The third-order valence-corrected chi connectivity index (χ3v) is 6.06. The third kappa shape index (κ3) is 6.24. The van der Waals surface area contributed by atoms with Crippen molar-refractivity contribution in [2.24, 2.45) is 4.99 Å². The molecule has 2 aliphatic carbocycles. The van der Waals surface area contributed by atoms with E-state index in [4.69, 9.17) is 4.99 Å². The standard InChI is InChI=1S/C19H36N4O.HI/c1-2-20-18(21-15-19(24)11-6-3-7-12-19)22-16-10-13-23(14-16)17-8-4-5-9-17;/h16-17,24H,2-15H2,1H3,(H2,20,21,22);1H. The number of nitrogens with one attached hydrogen (secondary N) is 2. The summed E-state index contributed by atoms with van der Waals surface area (Å²) >= 11 is 0. The van der Waals surface area contributed by atoms with Crippen LogP contribution in [0.3, 0.4) is 0 Å². The van der Waals surface area contributed by atoms with E-state index in [1.54, 1.807) is 0 Å². The van der Waals surface area contributed by atoms with Crippen molar-refractivity contribution in [3.05, 3.63) is 0 Å². The zero-order chi connectivity index (χ0) is 16.8. The summed E-state index contributed by atoms with van der Waals surface area (Å²) in [6.45, 7) is 5.85. The highest BCUT2D eigenvalue weighted by molar-refractivity contribution is 14.0. The molecule has 0 spiro atoms. The maximum absolute atomic E-state index is 10.7. The summed E-state index contributed by atoms with van der Waals surface area (Å²) in [5.41, 5.74) is -0.577. The Morgan fingerprint density at radius 3 is 2.52 bits per heavy atom. The van der Waals surface area contributed by atoms with Crippen LogP contribution < -0.4 is 10.6 Å². The van der Waals surface area contributed by atoms with Gasteiger partial charge in [-0.2, -0.15) is 0 Å². The van der Waals surface area contributed by atoms with Gasteiger partial charge in [0, 0.05) is 31.7 Å². The van der Waals surface area contributed by atoms with Gasteiger partial charge in [0.2, 0.25) is 0 Å². The van der Waals surface area contributed by atoms with Gasteiger partial charge in [-0.1, -0.05) is 32.1 Å². The quantitative estimate of drug-likeness (QED) is 0.333. The van der Waals surface area contributed by atoms with Gasteiger partial charge >= 0.3 is 0 Å². The molecule has 1 aliphatic heterocycles. The number of aliphatic imine (C=N–C) groups is 1. The summed E-state index contributed by atoms with van der Waals surface area (Å²) in [6.07, 6.45) is 12.1. The zero-order valence-electron chi connectivity index (χ0n) is 15.8. The second-order valence-electron chi connectivity index (χ2n) is 8.04. The lowest BCUT2D eigenvalue weighted by molar-refractivity contribution is 0.0131. The van der Waals surface area contributed by atoms with Crippen molar-refractivity contribution in [3.63, 3.8) is 0 Å². The van der Waals surface area contributed by atoms with Crippen LogP contribution in [-0.2, 0) is 0 Å². The molecular weight excluding hydrogens is 427 g/mol. The Bertz CT molecular complexity index is 420. The fraction of sp³-hybridized carbons (Fsp3) is 0.947. The zero-order valence-corrected chi connectivity index (χ0v) is 18.1. The van der Waals surface area contributed by atoms with Gasteiger partial charge in [0.25, 0.3) is 0 Å². The Hall–Kier alpha value is -0.0800. The lowest BCUT2D eigenvalue weighted by atomic mass is 9.85. The van der Waals surface area contributed by atoms with E-state index in [1.165, 1.54) is 45.1 Å². The molecule has 2 saturated carbocycles. The lowest BCUT2D eigenvalue weighted by Crippen LogP contribution is -2.46. The van der Waals surface area contributed by atoms with E-state index >= 15 is 0 Å². The van der Waals surface area contributed by atoms with Crippen molar-refractivity contribution in [3.8, 4) is 0 Å². The van der Waals surface area contributed by atoms with Crippen LogP contribution in [0.25, 0.3) is 0 Å². The van der Waals surface area contributed by atoms with Gasteiger partial charge in [0.1, 0.15) is 0 Å². The Kier molecular flexibility index (Phi) is 8.75. The van der Waals surface area contributed by atoms with E-state index in [0.717, 1.165) is 50.8 Å². The van der Waals surface area contributed by atoms with Crippen LogP contribution >= 0.6 is 24.0 Å². The van der Waals surface area contributed by atoms with Crippen molar-refractivity contribution < 1.29 is 5.11 Å². The van der Waals surface area contributed by atoms with Crippen molar-refractivity contribution in [2.45, 2.75) is 88.8 Å². The molecule has 0 bridgehead atoms. The number of halogens is 1. The van der Waals surface area contributed by atoms with E-state index < -0.39 is 5.60 Å². The molecule has 3 N–H and O–H groups in total. The predicted octanol–water partition coefficient (Wildman–Crippen LogP) is 2.87. The first-order valence-corrected chi connectivity index (χ1v) is 10.2. The molecule has 1 saturated heterocycles. The number of nitrogens with zero attached hydrogens (tertiary/aromatic N) is 2. The van der Waals surface area contributed by atoms with Gasteiger partial charge in [-0.15, -0.1) is 24.0 Å². The summed E-state index contributed by atoms with van der Waals surface area (Å²) < 4.78 is 0. The van der Waals surface area contributed by atoms with Crippen molar-refractivity contribution in [2.75, 3.05) is 26.2 Å². The number of aliphatic hydroxyl groups is 1. The van der Waals surface area contributed by atoms with Crippen LogP contribution in [-0.4, -0.2) is 59.8 Å². The topological polar surface area (TPSA) is 59.9 Å². The highest BCUT2D eigenvalue weighted by atomic mass is 127. The average molecular weight is 464 g/mol. The van der Waals surface area contributed by atoms with Gasteiger partial charge in [-0.3, -0.25) is 9.89 Å². The predicted molar refractivity (Wildman–Crippen MR) is 115 cm³/mol. The van der Waals surface area contributed by atoms with E-state index in [1.807, 2.05) is 0 Å². The van der Waals surface area contributed by atoms with Gasteiger partial charge < -0.3 is 15.7 Å². The van der Waals surface area contributed by atoms with E-state index in [0.29, 0.717) is 12.6 Å². The number of hydrogen-bond acceptors (Lipinski definition) is 3. The fourth-order valence-electron chi connectivity index (χ4n) is 4.61. The molecule has 0 aromatic rings. The number of likely N-dealkylation sites (tertiary alicyclic amines) is 1. The molecule has 1 unspecified atom stereocenters. The molecule has 5 nitrogen and oxygen atoms in total. The Labute approximate surface area is 170 Å². The summed E-state index contributed by atoms with van der Waals surface area (Å²) in [4.78, 5) is 7.39. The molecule has 1 atom stereocenters. The van der Waals surface area contributed by atoms with E-state index in [9.17, 15) is 5.11 Å². The van der Waals surface area contributed by atoms with Crippen LogP contribution in [0.1, 0.15) is 71.1 Å². The highest BCUT2D eigenvalue weighted by Crippen LogP contribution is 2.28. The fourth-order valence-corrected chi connectivity index (χ4v) is 4.61. The smallest absolute Gasteiger partial charge is 0.191 e. The molecule has 3 rings (SSSR count). The first-order chi connectivity index (χ1) is 11.7. The molecule has 6 heteroatoms. The number of hydrogen-bond donors (Lipinski definition) is 3. The monoisotopic (exact) mass is 464 g/mol. The van der Waals surface area contributed by atoms with Crippen LogP contribution in [0.2, 0.25) is 0 Å². The van der Waals surface area contributed by atoms with Crippen molar-refractivity contribution in [1.29, 1.82) is 0 Å². The first kappa shape index (κ1) is 21.2. The molecule has 1 heterocycles. The molecular formula is C19H37IN4O.